The maximum absolute atomic E-state index is 12.2. The largest absolute Gasteiger partial charge is 0.388 e. The van der Waals surface area contributed by atoms with Gasteiger partial charge in [-0.05, 0) is 30.7 Å². The van der Waals surface area contributed by atoms with Gasteiger partial charge in [-0.1, -0.05) is 18.3 Å². The number of nitrogens with two attached hydrogens (primary N) is 1. The van der Waals surface area contributed by atoms with E-state index in [2.05, 4.69) is 14.7 Å². The standard InChI is InChI=1S/C12H12N4O2S2/c1-8-3-2-6-14-12(8)16-20(17,18)9-4-5-10(11(13)19)15-7-9/h2-7H,1H3,(H2,13,19)(H,14,16). The van der Waals surface area contributed by atoms with Crippen LogP contribution in [0.5, 0.6) is 0 Å². The molecule has 0 atom stereocenters. The van der Waals surface area contributed by atoms with Crippen molar-refractivity contribution in [3.63, 3.8) is 0 Å². The average Bonchev–Trinajstić information content (AvgIpc) is 2.41. The summed E-state index contributed by atoms with van der Waals surface area (Å²) in [7, 11) is -3.74. The number of aryl methyl sites for hydroxylation is 1. The fraction of sp³-hybridized carbons (Fsp3) is 0.0833. The molecule has 0 unspecified atom stereocenters. The lowest BCUT2D eigenvalue weighted by molar-refractivity contribution is 0.600. The number of anilines is 1. The van der Waals surface area contributed by atoms with Crippen LogP contribution in [0.4, 0.5) is 5.82 Å². The molecule has 2 rings (SSSR count). The zero-order valence-electron chi connectivity index (χ0n) is 10.6. The number of hydrogen-bond donors (Lipinski definition) is 2. The summed E-state index contributed by atoms with van der Waals surface area (Å²) < 4.78 is 26.8. The first-order valence-electron chi connectivity index (χ1n) is 5.60. The van der Waals surface area contributed by atoms with Gasteiger partial charge in [0.05, 0.1) is 5.69 Å². The van der Waals surface area contributed by atoms with Crippen molar-refractivity contribution in [3.8, 4) is 0 Å². The molecule has 20 heavy (non-hydrogen) atoms. The smallest absolute Gasteiger partial charge is 0.264 e. The molecule has 0 fully saturated rings. The fourth-order valence-electron chi connectivity index (χ4n) is 1.46. The molecule has 0 saturated carbocycles. The molecule has 2 aromatic rings. The molecule has 3 N–H and O–H groups in total. The zero-order chi connectivity index (χ0) is 14.8. The van der Waals surface area contributed by atoms with E-state index in [-0.39, 0.29) is 15.7 Å². The summed E-state index contributed by atoms with van der Waals surface area (Å²) in [4.78, 5) is 8.02. The molecule has 0 spiro atoms. The van der Waals surface area contributed by atoms with E-state index in [9.17, 15) is 8.42 Å². The Bertz CT molecular complexity index is 742. The van der Waals surface area contributed by atoms with Crippen LogP contribution in [0.15, 0.2) is 41.6 Å². The van der Waals surface area contributed by atoms with Crippen LogP contribution in [-0.4, -0.2) is 23.4 Å². The number of aromatic nitrogens is 2. The molecule has 0 radical (unpaired) electrons. The van der Waals surface area contributed by atoms with Crippen molar-refractivity contribution in [2.24, 2.45) is 5.73 Å². The highest BCUT2D eigenvalue weighted by Gasteiger charge is 2.16. The topological polar surface area (TPSA) is 98.0 Å². The molecule has 0 amide bonds. The molecular formula is C12H12N4O2S2. The first-order chi connectivity index (χ1) is 9.40. The summed E-state index contributed by atoms with van der Waals surface area (Å²) in [5.41, 5.74) is 6.50. The van der Waals surface area contributed by atoms with Crippen molar-refractivity contribution in [1.82, 2.24) is 9.97 Å². The Labute approximate surface area is 122 Å². The van der Waals surface area contributed by atoms with Crippen molar-refractivity contribution < 1.29 is 8.42 Å². The first-order valence-corrected chi connectivity index (χ1v) is 7.49. The van der Waals surface area contributed by atoms with Gasteiger partial charge in [-0.25, -0.2) is 13.4 Å². The van der Waals surface area contributed by atoms with Crippen LogP contribution in [0.2, 0.25) is 0 Å². The van der Waals surface area contributed by atoms with Gasteiger partial charge < -0.3 is 5.73 Å². The summed E-state index contributed by atoms with van der Waals surface area (Å²) >= 11 is 4.76. The molecule has 0 saturated heterocycles. The predicted octanol–water partition coefficient (Wildman–Crippen LogP) is 1.22. The maximum Gasteiger partial charge on any atom is 0.264 e. The third-order valence-corrected chi connectivity index (χ3v) is 4.07. The number of nitrogens with zero attached hydrogens (tertiary/aromatic N) is 2. The summed E-state index contributed by atoms with van der Waals surface area (Å²) in [5.74, 6) is 0.283. The fourth-order valence-corrected chi connectivity index (χ4v) is 2.61. The van der Waals surface area contributed by atoms with E-state index in [1.54, 1.807) is 19.1 Å². The van der Waals surface area contributed by atoms with Crippen LogP contribution in [0.1, 0.15) is 11.3 Å². The summed E-state index contributed by atoms with van der Waals surface area (Å²) in [6.45, 7) is 1.76. The van der Waals surface area contributed by atoms with E-state index in [4.69, 9.17) is 18.0 Å². The van der Waals surface area contributed by atoms with Crippen molar-refractivity contribution in [3.05, 3.63) is 47.9 Å². The lowest BCUT2D eigenvalue weighted by Gasteiger charge is -2.09. The molecule has 6 nitrogen and oxygen atoms in total. The van der Waals surface area contributed by atoms with Crippen LogP contribution < -0.4 is 10.5 Å². The predicted molar refractivity (Wildman–Crippen MR) is 79.9 cm³/mol. The molecule has 2 heterocycles. The van der Waals surface area contributed by atoms with E-state index in [0.717, 1.165) is 5.56 Å². The van der Waals surface area contributed by atoms with Crippen molar-refractivity contribution in [1.29, 1.82) is 0 Å². The molecule has 104 valence electrons. The second-order valence-corrected chi connectivity index (χ2v) is 6.14. The first kappa shape index (κ1) is 14.4. The molecule has 8 heteroatoms. The number of hydrogen-bond acceptors (Lipinski definition) is 5. The van der Waals surface area contributed by atoms with Crippen LogP contribution in [-0.2, 0) is 10.0 Å². The third kappa shape index (κ3) is 3.09. The molecule has 0 aliphatic rings. The maximum atomic E-state index is 12.2. The van der Waals surface area contributed by atoms with Gasteiger partial charge in [0.2, 0.25) is 0 Å². The van der Waals surface area contributed by atoms with E-state index >= 15 is 0 Å². The van der Waals surface area contributed by atoms with E-state index in [1.807, 2.05) is 0 Å². The number of rotatable bonds is 4. The monoisotopic (exact) mass is 308 g/mol. The second kappa shape index (κ2) is 5.51. The van der Waals surface area contributed by atoms with Crippen molar-refractivity contribution in [2.75, 3.05) is 4.72 Å². The highest BCUT2D eigenvalue weighted by molar-refractivity contribution is 7.92. The van der Waals surface area contributed by atoms with E-state index < -0.39 is 10.0 Å². The minimum absolute atomic E-state index is 0.0163. The number of nitrogens with one attached hydrogen (secondary N) is 1. The highest BCUT2D eigenvalue weighted by atomic mass is 32.2. The molecule has 2 aromatic heterocycles. The lowest BCUT2D eigenvalue weighted by Crippen LogP contribution is -2.16. The Morgan fingerprint density at radius 1 is 1.30 bits per heavy atom. The highest BCUT2D eigenvalue weighted by Crippen LogP contribution is 2.16. The van der Waals surface area contributed by atoms with E-state index in [0.29, 0.717) is 5.69 Å². The van der Waals surface area contributed by atoms with Crippen LogP contribution in [0.3, 0.4) is 0 Å². The third-order valence-electron chi connectivity index (χ3n) is 2.54. The van der Waals surface area contributed by atoms with Gasteiger partial charge in [-0.3, -0.25) is 9.71 Å². The normalized spacial score (nSPS) is 11.1. The zero-order valence-corrected chi connectivity index (χ0v) is 12.2. The Kier molecular flexibility index (Phi) is 3.96. The molecular weight excluding hydrogens is 296 g/mol. The van der Waals surface area contributed by atoms with Gasteiger partial charge in [-0.15, -0.1) is 0 Å². The average molecular weight is 308 g/mol. The Morgan fingerprint density at radius 3 is 2.60 bits per heavy atom. The van der Waals surface area contributed by atoms with Gasteiger partial charge in [0.25, 0.3) is 10.0 Å². The Morgan fingerprint density at radius 2 is 2.05 bits per heavy atom. The lowest BCUT2D eigenvalue weighted by atomic mass is 10.3. The number of pyridine rings is 2. The molecule has 0 aliphatic heterocycles. The van der Waals surface area contributed by atoms with Gasteiger partial charge in [0.1, 0.15) is 15.7 Å². The molecule has 0 aliphatic carbocycles. The number of sulfonamides is 1. The number of thiocarbonyl (C=S) groups is 1. The van der Waals surface area contributed by atoms with Crippen LogP contribution in [0.25, 0.3) is 0 Å². The van der Waals surface area contributed by atoms with Crippen molar-refractivity contribution in [2.45, 2.75) is 11.8 Å². The quantitative estimate of drug-likeness (QED) is 0.824. The van der Waals surface area contributed by atoms with Gasteiger partial charge in [0, 0.05) is 12.4 Å². The Balaban J connectivity index is 2.31. The second-order valence-electron chi connectivity index (χ2n) is 4.02. The summed E-state index contributed by atoms with van der Waals surface area (Å²) in [6.07, 6.45) is 2.72. The van der Waals surface area contributed by atoms with Gasteiger partial charge >= 0.3 is 0 Å². The summed E-state index contributed by atoms with van der Waals surface area (Å²) in [5, 5.41) is 0. The van der Waals surface area contributed by atoms with Crippen LogP contribution >= 0.6 is 12.2 Å². The van der Waals surface area contributed by atoms with Crippen molar-refractivity contribution >= 4 is 33.0 Å². The van der Waals surface area contributed by atoms with Gasteiger partial charge in [-0.2, -0.15) is 0 Å². The van der Waals surface area contributed by atoms with Gasteiger partial charge in [0.15, 0.2) is 0 Å². The SMILES string of the molecule is Cc1cccnc1NS(=O)(=O)c1ccc(C(N)=S)nc1. The molecule has 0 bridgehead atoms. The molecule has 0 aromatic carbocycles. The van der Waals surface area contributed by atoms with E-state index in [1.165, 1.54) is 24.5 Å². The Hall–Kier alpha value is -2.06. The summed E-state index contributed by atoms with van der Waals surface area (Å²) in [6, 6.07) is 6.34. The minimum atomic E-state index is -3.74. The minimum Gasteiger partial charge on any atom is -0.388 e. The van der Waals surface area contributed by atoms with Crippen LogP contribution in [0, 0.1) is 6.92 Å².